The number of rotatable bonds is 8. The van der Waals surface area contributed by atoms with Gasteiger partial charge in [-0.25, -0.2) is 0 Å². The fraction of sp³-hybridized carbons (Fsp3) is 0. The highest BCUT2D eigenvalue weighted by molar-refractivity contribution is 6.23. The van der Waals surface area contributed by atoms with E-state index in [2.05, 4.69) is 264 Å². The first-order valence-corrected chi connectivity index (χ1v) is 22.0. The Hall–Kier alpha value is -8.46. The number of aromatic nitrogens is 1. The van der Waals surface area contributed by atoms with Crippen LogP contribution in [0.15, 0.2) is 255 Å². The van der Waals surface area contributed by atoms with Crippen molar-refractivity contribution in [3.63, 3.8) is 0 Å². The second kappa shape index (κ2) is 15.8. The van der Waals surface area contributed by atoms with Gasteiger partial charge >= 0.3 is 0 Å². The molecule has 0 aliphatic rings. The maximum Gasteiger partial charge on any atom is 0.0553 e. The molecule has 12 rings (SSSR count). The maximum atomic E-state index is 2.42. The first-order valence-electron chi connectivity index (χ1n) is 22.0. The molecule has 0 aliphatic heterocycles. The zero-order valence-electron chi connectivity index (χ0n) is 35.1. The van der Waals surface area contributed by atoms with E-state index < -0.39 is 0 Å². The van der Waals surface area contributed by atoms with E-state index in [-0.39, 0.29) is 0 Å². The molecule has 0 saturated carbocycles. The van der Waals surface area contributed by atoms with Crippen molar-refractivity contribution in [3.05, 3.63) is 255 Å². The monoisotopic (exact) mass is 814 g/mol. The molecule has 0 saturated heterocycles. The highest BCUT2D eigenvalue weighted by Gasteiger charge is 2.21. The number of fused-ring (bicyclic) bond motifs is 5. The van der Waals surface area contributed by atoms with Crippen LogP contribution in [0.25, 0.3) is 93.5 Å². The minimum absolute atomic E-state index is 1.09. The lowest BCUT2D eigenvalue weighted by Crippen LogP contribution is -2.10. The van der Waals surface area contributed by atoms with E-state index in [1.165, 1.54) is 87.9 Å². The summed E-state index contributed by atoms with van der Waals surface area (Å²) in [6.45, 7) is 0. The van der Waals surface area contributed by atoms with E-state index in [1.807, 2.05) is 0 Å². The highest BCUT2D eigenvalue weighted by Crippen LogP contribution is 2.45. The molecule has 0 atom stereocenters. The van der Waals surface area contributed by atoms with E-state index in [1.54, 1.807) is 0 Å². The lowest BCUT2D eigenvalue weighted by atomic mass is 9.92. The van der Waals surface area contributed by atoms with Crippen LogP contribution >= 0.6 is 0 Å². The Morgan fingerprint density at radius 1 is 0.266 bits per heavy atom. The fourth-order valence-corrected chi connectivity index (χ4v) is 9.65. The van der Waals surface area contributed by atoms with Crippen molar-refractivity contribution in [2.75, 3.05) is 4.90 Å². The SMILES string of the molecule is c1ccc(-c2ccc(-c3ccc(N(c4ccc(-c5ccc6ccccc6c5)cc4)c4cccc(-c5c6ccccc6cc6c5c5ccccc5n6-c5ccccc5)c4)cc3)cc2)cc1. The van der Waals surface area contributed by atoms with Gasteiger partial charge in [-0.2, -0.15) is 0 Å². The zero-order valence-corrected chi connectivity index (χ0v) is 35.1. The molecule has 0 N–H and O–H groups in total. The zero-order chi connectivity index (χ0) is 42.4. The third-order valence-corrected chi connectivity index (χ3v) is 12.8. The van der Waals surface area contributed by atoms with Crippen molar-refractivity contribution in [2.24, 2.45) is 0 Å². The van der Waals surface area contributed by atoms with Crippen molar-refractivity contribution >= 4 is 60.4 Å². The second-order valence-corrected chi connectivity index (χ2v) is 16.5. The van der Waals surface area contributed by atoms with Gasteiger partial charge in [-0.15, -0.1) is 0 Å². The highest BCUT2D eigenvalue weighted by atomic mass is 15.1. The Bertz CT molecular complexity index is 3620. The van der Waals surface area contributed by atoms with E-state index in [0.717, 1.165) is 22.7 Å². The number of nitrogens with zero attached hydrogens (tertiary/aromatic N) is 2. The smallest absolute Gasteiger partial charge is 0.0553 e. The topological polar surface area (TPSA) is 8.17 Å². The first-order chi connectivity index (χ1) is 31.7. The summed E-state index contributed by atoms with van der Waals surface area (Å²) in [6, 6.07) is 92.7. The quantitative estimate of drug-likeness (QED) is 0.148. The third-order valence-electron chi connectivity index (χ3n) is 12.8. The van der Waals surface area contributed by atoms with Gasteiger partial charge in [0, 0.05) is 33.5 Å². The minimum atomic E-state index is 1.09. The number of hydrogen-bond acceptors (Lipinski definition) is 1. The summed E-state index contributed by atoms with van der Waals surface area (Å²) in [6.07, 6.45) is 0. The van der Waals surface area contributed by atoms with Crippen LogP contribution in [0.5, 0.6) is 0 Å². The molecule has 300 valence electrons. The summed E-state index contributed by atoms with van der Waals surface area (Å²) in [5.74, 6) is 0. The van der Waals surface area contributed by atoms with Gasteiger partial charge in [0.1, 0.15) is 0 Å². The minimum Gasteiger partial charge on any atom is -0.310 e. The molecule has 1 heterocycles. The van der Waals surface area contributed by atoms with Crippen LogP contribution in [0.3, 0.4) is 0 Å². The number of para-hydroxylation sites is 2. The van der Waals surface area contributed by atoms with E-state index in [4.69, 9.17) is 0 Å². The average molecular weight is 815 g/mol. The Morgan fingerprint density at radius 3 is 1.45 bits per heavy atom. The molecule has 0 bridgehead atoms. The molecular weight excluding hydrogens is 773 g/mol. The summed E-state index contributed by atoms with van der Waals surface area (Å²) in [5, 5.41) is 7.43. The van der Waals surface area contributed by atoms with Crippen molar-refractivity contribution in [1.29, 1.82) is 0 Å². The summed E-state index contributed by atoms with van der Waals surface area (Å²) in [4.78, 5) is 2.39. The van der Waals surface area contributed by atoms with Gasteiger partial charge in [0.05, 0.1) is 11.0 Å². The van der Waals surface area contributed by atoms with Gasteiger partial charge in [-0.05, 0) is 133 Å². The van der Waals surface area contributed by atoms with Gasteiger partial charge in [0.15, 0.2) is 0 Å². The van der Waals surface area contributed by atoms with Crippen LogP contribution in [-0.2, 0) is 0 Å². The molecule has 11 aromatic carbocycles. The largest absolute Gasteiger partial charge is 0.310 e. The van der Waals surface area contributed by atoms with Crippen LogP contribution in [-0.4, -0.2) is 4.57 Å². The molecule has 0 amide bonds. The molecule has 0 spiro atoms. The molecular formula is C62H42N2. The van der Waals surface area contributed by atoms with E-state index in [9.17, 15) is 0 Å². The molecule has 0 unspecified atom stereocenters. The molecule has 0 radical (unpaired) electrons. The second-order valence-electron chi connectivity index (χ2n) is 16.5. The summed E-state index contributed by atoms with van der Waals surface area (Å²) < 4.78 is 2.42. The normalized spacial score (nSPS) is 11.4. The van der Waals surface area contributed by atoms with Crippen LogP contribution in [0.2, 0.25) is 0 Å². The summed E-state index contributed by atoms with van der Waals surface area (Å²) >= 11 is 0. The van der Waals surface area contributed by atoms with Crippen molar-refractivity contribution in [2.45, 2.75) is 0 Å². The molecule has 1 aromatic heterocycles. The van der Waals surface area contributed by atoms with Crippen LogP contribution in [0.4, 0.5) is 17.1 Å². The van der Waals surface area contributed by atoms with Crippen molar-refractivity contribution in [1.82, 2.24) is 4.57 Å². The van der Waals surface area contributed by atoms with Gasteiger partial charge < -0.3 is 9.47 Å². The van der Waals surface area contributed by atoms with Gasteiger partial charge in [0.25, 0.3) is 0 Å². The van der Waals surface area contributed by atoms with E-state index >= 15 is 0 Å². The maximum absolute atomic E-state index is 2.42. The van der Waals surface area contributed by atoms with Gasteiger partial charge in [-0.1, -0.05) is 188 Å². The Balaban J connectivity index is 1.01. The molecule has 2 heteroatoms. The lowest BCUT2D eigenvalue weighted by molar-refractivity contribution is 1.18. The summed E-state index contributed by atoms with van der Waals surface area (Å²) in [7, 11) is 0. The van der Waals surface area contributed by atoms with Crippen molar-refractivity contribution < 1.29 is 0 Å². The Labute approximate surface area is 373 Å². The standard InChI is InChI=1S/C62H42N2/c1-3-14-43(15-4-1)45-26-28-46(29-27-45)47-32-36-54(37-33-47)63(55-38-34-48(35-39-55)50-31-30-44-16-7-8-17-49(44)40-50)56-22-13-19-52(41-56)61-57-23-10-9-18-51(57)42-60-62(61)58-24-11-12-25-59(58)64(60)53-20-5-2-6-21-53/h1-42H. The molecule has 64 heavy (non-hydrogen) atoms. The van der Waals surface area contributed by atoms with Gasteiger partial charge in [-0.3, -0.25) is 0 Å². The Kier molecular flexibility index (Phi) is 9.20. The average Bonchev–Trinajstić information content (AvgIpc) is 3.70. The Morgan fingerprint density at radius 2 is 0.766 bits per heavy atom. The fourth-order valence-electron chi connectivity index (χ4n) is 9.65. The van der Waals surface area contributed by atoms with Crippen LogP contribution in [0.1, 0.15) is 0 Å². The summed E-state index contributed by atoms with van der Waals surface area (Å²) in [5.41, 5.74) is 16.4. The lowest BCUT2D eigenvalue weighted by Gasteiger charge is -2.27. The predicted molar refractivity (Wildman–Crippen MR) is 272 cm³/mol. The molecule has 2 nitrogen and oxygen atoms in total. The number of benzene rings is 11. The molecule has 0 fully saturated rings. The number of anilines is 3. The third kappa shape index (κ3) is 6.61. The van der Waals surface area contributed by atoms with Crippen LogP contribution in [0, 0.1) is 0 Å². The number of hydrogen-bond donors (Lipinski definition) is 0. The van der Waals surface area contributed by atoms with Crippen LogP contribution < -0.4 is 4.90 Å². The first kappa shape index (κ1) is 37.3. The predicted octanol–water partition coefficient (Wildman–Crippen LogP) is 17.2. The van der Waals surface area contributed by atoms with E-state index in [0.29, 0.717) is 0 Å². The van der Waals surface area contributed by atoms with Gasteiger partial charge in [0.2, 0.25) is 0 Å². The van der Waals surface area contributed by atoms with Crippen molar-refractivity contribution in [3.8, 4) is 50.2 Å². The molecule has 0 aliphatic carbocycles. The molecule has 12 aromatic rings.